The van der Waals surface area contributed by atoms with E-state index in [9.17, 15) is 9.59 Å². The molecule has 1 aliphatic carbocycles. The molecule has 1 rings (SSSR count). The van der Waals surface area contributed by atoms with E-state index in [1.807, 2.05) is 6.92 Å². The van der Waals surface area contributed by atoms with Crippen LogP contribution in [0.3, 0.4) is 0 Å². The molecule has 2 unspecified atom stereocenters. The highest BCUT2D eigenvalue weighted by molar-refractivity contribution is 5.86. The molecular formula is C12H22N2O3. The van der Waals surface area contributed by atoms with E-state index in [2.05, 4.69) is 5.32 Å². The number of nitrogens with one attached hydrogen (secondary N) is 1. The standard InChI is InChI=1S/C12H22N2O3/c1-8(3-6-10(15)16)7-14-11(17)12(2,13)9-4-5-9/h8-9H,3-7,13H2,1-2H3,(H,14,17)(H,15,16). The summed E-state index contributed by atoms with van der Waals surface area (Å²) in [5.74, 6) is -0.464. The van der Waals surface area contributed by atoms with Crippen molar-refractivity contribution in [2.45, 2.75) is 45.1 Å². The van der Waals surface area contributed by atoms with Crippen molar-refractivity contribution in [3.63, 3.8) is 0 Å². The third-order valence-electron chi connectivity index (χ3n) is 3.38. The molecule has 0 bridgehead atoms. The SMILES string of the molecule is CC(CCC(=O)O)CNC(=O)C(C)(N)C1CC1. The Morgan fingerprint density at radius 2 is 2.12 bits per heavy atom. The van der Waals surface area contributed by atoms with Crippen LogP contribution < -0.4 is 11.1 Å². The first-order valence-electron chi connectivity index (χ1n) is 6.13. The summed E-state index contributed by atoms with van der Waals surface area (Å²) >= 11 is 0. The summed E-state index contributed by atoms with van der Waals surface area (Å²) in [7, 11) is 0. The van der Waals surface area contributed by atoms with Crippen LogP contribution >= 0.6 is 0 Å². The fraction of sp³-hybridized carbons (Fsp3) is 0.833. The van der Waals surface area contributed by atoms with Gasteiger partial charge >= 0.3 is 5.97 Å². The van der Waals surface area contributed by atoms with Crippen molar-refractivity contribution < 1.29 is 14.7 Å². The molecule has 0 heterocycles. The zero-order chi connectivity index (χ0) is 13.1. The highest BCUT2D eigenvalue weighted by Crippen LogP contribution is 2.38. The molecule has 0 aromatic carbocycles. The quantitative estimate of drug-likeness (QED) is 0.613. The van der Waals surface area contributed by atoms with Gasteiger partial charge in [0.1, 0.15) is 0 Å². The molecule has 1 fully saturated rings. The van der Waals surface area contributed by atoms with Gasteiger partial charge in [-0.1, -0.05) is 6.92 Å². The maximum Gasteiger partial charge on any atom is 0.303 e. The number of aliphatic carboxylic acids is 1. The summed E-state index contributed by atoms with van der Waals surface area (Å²) in [6.07, 6.45) is 2.75. The van der Waals surface area contributed by atoms with Crippen LogP contribution in [-0.2, 0) is 9.59 Å². The van der Waals surface area contributed by atoms with Gasteiger partial charge in [-0.3, -0.25) is 9.59 Å². The zero-order valence-corrected chi connectivity index (χ0v) is 10.5. The van der Waals surface area contributed by atoms with Crippen LogP contribution in [0.2, 0.25) is 0 Å². The first-order valence-corrected chi connectivity index (χ1v) is 6.13. The number of hydrogen-bond acceptors (Lipinski definition) is 3. The molecule has 0 radical (unpaired) electrons. The molecule has 17 heavy (non-hydrogen) atoms. The molecule has 1 aliphatic rings. The molecule has 1 amide bonds. The van der Waals surface area contributed by atoms with Gasteiger partial charge < -0.3 is 16.2 Å². The van der Waals surface area contributed by atoms with Crippen molar-refractivity contribution in [3.8, 4) is 0 Å². The van der Waals surface area contributed by atoms with E-state index in [1.165, 1.54) is 0 Å². The molecule has 0 spiro atoms. The number of amides is 1. The zero-order valence-electron chi connectivity index (χ0n) is 10.5. The van der Waals surface area contributed by atoms with Crippen LogP contribution in [0, 0.1) is 11.8 Å². The molecule has 0 aliphatic heterocycles. The van der Waals surface area contributed by atoms with Crippen LogP contribution in [0.1, 0.15) is 39.5 Å². The topological polar surface area (TPSA) is 92.4 Å². The molecule has 98 valence electrons. The van der Waals surface area contributed by atoms with Crippen molar-refractivity contribution in [3.05, 3.63) is 0 Å². The van der Waals surface area contributed by atoms with Crippen LogP contribution in [0.25, 0.3) is 0 Å². The van der Waals surface area contributed by atoms with Crippen molar-refractivity contribution in [2.24, 2.45) is 17.6 Å². The Balaban J connectivity index is 2.25. The van der Waals surface area contributed by atoms with E-state index in [0.717, 1.165) is 12.8 Å². The van der Waals surface area contributed by atoms with Gasteiger partial charge in [0.2, 0.25) is 5.91 Å². The van der Waals surface area contributed by atoms with Gasteiger partial charge in [0.05, 0.1) is 5.54 Å². The first-order chi connectivity index (χ1) is 7.84. The number of hydrogen-bond donors (Lipinski definition) is 3. The summed E-state index contributed by atoms with van der Waals surface area (Å²) in [5.41, 5.74) is 5.20. The second-order valence-corrected chi connectivity index (χ2v) is 5.30. The summed E-state index contributed by atoms with van der Waals surface area (Å²) < 4.78 is 0. The van der Waals surface area contributed by atoms with Crippen LogP contribution in [0.4, 0.5) is 0 Å². The number of rotatable bonds is 7. The molecule has 0 aromatic heterocycles. The maximum atomic E-state index is 11.8. The predicted octanol–water partition coefficient (Wildman–Crippen LogP) is 0.731. The molecule has 0 aromatic rings. The Hall–Kier alpha value is -1.10. The predicted molar refractivity (Wildman–Crippen MR) is 64.4 cm³/mol. The van der Waals surface area contributed by atoms with E-state index >= 15 is 0 Å². The lowest BCUT2D eigenvalue weighted by Crippen LogP contribution is -2.54. The smallest absolute Gasteiger partial charge is 0.303 e. The van der Waals surface area contributed by atoms with Crippen LogP contribution in [0.15, 0.2) is 0 Å². The van der Waals surface area contributed by atoms with Gasteiger partial charge in [0, 0.05) is 13.0 Å². The third-order valence-corrected chi connectivity index (χ3v) is 3.38. The largest absolute Gasteiger partial charge is 0.481 e. The minimum absolute atomic E-state index is 0.123. The lowest BCUT2D eigenvalue weighted by Gasteiger charge is -2.24. The number of carbonyl (C=O) groups excluding carboxylic acids is 1. The van der Waals surface area contributed by atoms with Gasteiger partial charge in [0.15, 0.2) is 0 Å². The molecule has 5 heteroatoms. The van der Waals surface area contributed by atoms with E-state index in [-0.39, 0.29) is 18.2 Å². The number of carbonyl (C=O) groups is 2. The molecule has 2 atom stereocenters. The van der Waals surface area contributed by atoms with Gasteiger partial charge in [-0.15, -0.1) is 0 Å². The average Bonchev–Trinajstić information content (AvgIpc) is 3.06. The first kappa shape index (κ1) is 14.0. The summed E-state index contributed by atoms with van der Waals surface area (Å²) in [6, 6.07) is 0. The normalized spacial score (nSPS) is 20.4. The highest BCUT2D eigenvalue weighted by atomic mass is 16.4. The lowest BCUT2D eigenvalue weighted by molar-refractivity contribution is -0.137. The van der Waals surface area contributed by atoms with Crippen LogP contribution in [-0.4, -0.2) is 29.1 Å². The summed E-state index contributed by atoms with van der Waals surface area (Å²) in [6.45, 7) is 4.18. The average molecular weight is 242 g/mol. The Morgan fingerprint density at radius 3 is 2.59 bits per heavy atom. The molecule has 0 saturated heterocycles. The van der Waals surface area contributed by atoms with Crippen molar-refractivity contribution in [1.29, 1.82) is 0 Å². The summed E-state index contributed by atoms with van der Waals surface area (Å²) in [4.78, 5) is 22.2. The Kier molecular flexibility index (Phi) is 4.51. The number of carboxylic acid groups (broad SMARTS) is 1. The molecule has 4 N–H and O–H groups in total. The van der Waals surface area contributed by atoms with E-state index in [0.29, 0.717) is 18.9 Å². The van der Waals surface area contributed by atoms with E-state index < -0.39 is 11.5 Å². The van der Waals surface area contributed by atoms with E-state index in [4.69, 9.17) is 10.8 Å². The highest BCUT2D eigenvalue weighted by Gasteiger charge is 2.43. The lowest BCUT2D eigenvalue weighted by atomic mass is 9.95. The Morgan fingerprint density at radius 1 is 1.53 bits per heavy atom. The minimum Gasteiger partial charge on any atom is -0.481 e. The number of carboxylic acids is 1. The fourth-order valence-corrected chi connectivity index (χ4v) is 1.80. The van der Waals surface area contributed by atoms with Gasteiger partial charge in [-0.25, -0.2) is 0 Å². The van der Waals surface area contributed by atoms with Crippen molar-refractivity contribution in [1.82, 2.24) is 5.32 Å². The van der Waals surface area contributed by atoms with Crippen LogP contribution in [0.5, 0.6) is 0 Å². The monoisotopic (exact) mass is 242 g/mol. The second kappa shape index (κ2) is 5.49. The third kappa shape index (κ3) is 4.34. The maximum absolute atomic E-state index is 11.8. The second-order valence-electron chi connectivity index (χ2n) is 5.30. The van der Waals surface area contributed by atoms with Gasteiger partial charge in [0.25, 0.3) is 0 Å². The molecular weight excluding hydrogens is 220 g/mol. The minimum atomic E-state index is -0.801. The van der Waals surface area contributed by atoms with Crippen molar-refractivity contribution in [2.75, 3.05) is 6.54 Å². The molecule has 5 nitrogen and oxygen atoms in total. The Labute approximate surface area is 102 Å². The number of nitrogens with two attached hydrogens (primary N) is 1. The van der Waals surface area contributed by atoms with E-state index in [1.54, 1.807) is 6.92 Å². The molecule has 1 saturated carbocycles. The van der Waals surface area contributed by atoms with Gasteiger partial charge in [-0.2, -0.15) is 0 Å². The summed E-state index contributed by atoms with van der Waals surface area (Å²) in [5, 5.41) is 11.4. The van der Waals surface area contributed by atoms with Gasteiger partial charge in [-0.05, 0) is 38.0 Å². The fourth-order valence-electron chi connectivity index (χ4n) is 1.80. The Bertz CT molecular complexity index is 298. The van der Waals surface area contributed by atoms with Crippen molar-refractivity contribution >= 4 is 11.9 Å².